The molecule has 0 saturated carbocycles. The van der Waals surface area contributed by atoms with Gasteiger partial charge in [0, 0.05) is 12.0 Å². The highest BCUT2D eigenvalue weighted by molar-refractivity contribution is 6.99. The molecule has 0 radical (unpaired) electrons. The third kappa shape index (κ3) is 8.15. The first-order valence-electron chi connectivity index (χ1n) is 15.9. The summed E-state index contributed by atoms with van der Waals surface area (Å²) in [5.41, 5.74) is 0.569. The molecule has 43 heavy (non-hydrogen) atoms. The van der Waals surface area contributed by atoms with Gasteiger partial charge in [0.25, 0.3) is 8.32 Å². The third-order valence-corrected chi connectivity index (χ3v) is 13.4. The number of rotatable bonds is 16. The molecule has 4 aromatic carbocycles. The van der Waals surface area contributed by atoms with Crippen molar-refractivity contribution in [3.8, 4) is 5.75 Å². The van der Waals surface area contributed by atoms with Gasteiger partial charge < -0.3 is 13.9 Å². The van der Waals surface area contributed by atoms with Gasteiger partial charge >= 0.3 is 5.97 Å². The Morgan fingerprint density at radius 2 is 1.09 bits per heavy atom. The summed E-state index contributed by atoms with van der Waals surface area (Å²) >= 11 is 0. The van der Waals surface area contributed by atoms with Gasteiger partial charge in [-0.2, -0.15) is 0 Å². The molecule has 0 heterocycles. The van der Waals surface area contributed by atoms with E-state index in [1.807, 2.05) is 30.3 Å². The number of esters is 1. The van der Waals surface area contributed by atoms with Gasteiger partial charge in [0.2, 0.25) is 0 Å². The Morgan fingerprint density at radius 3 is 1.63 bits per heavy atom. The molecule has 0 saturated heterocycles. The maximum atomic E-state index is 12.1. The predicted octanol–water partition coefficient (Wildman–Crippen LogP) is 8.70. The van der Waals surface area contributed by atoms with Crippen molar-refractivity contribution in [1.29, 1.82) is 0 Å². The van der Waals surface area contributed by atoms with Crippen LogP contribution in [0.4, 0.5) is 0 Å². The molecule has 4 nitrogen and oxygen atoms in total. The smallest absolute Gasteiger partial charge is 0.338 e. The maximum Gasteiger partial charge on any atom is 0.338 e. The van der Waals surface area contributed by atoms with Crippen molar-refractivity contribution in [1.82, 2.24) is 0 Å². The fourth-order valence-corrected chi connectivity index (χ4v) is 10.7. The molecule has 4 aromatic rings. The Labute approximate surface area is 259 Å². The van der Waals surface area contributed by atoms with Gasteiger partial charge in [0.05, 0.1) is 19.3 Å². The number of hydrogen-bond donors (Lipinski definition) is 0. The number of unbranched alkanes of at least 4 members (excludes halogenated alkanes) is 7. The summed E-state index contributed by atoms with van der Waals surface area (Å²) in [7, 11) is -1.02. The summed E-state index contributed by atoms with van der Waals surface area (Å²) in [4.78, 5) is 12.1. The van der Waals surface area contributed by atoms with E-state index < -0.39 is 8.32 Å². The van der Waals surface area contributed by atoms with Crippen LogP contribution in [0.15, 0.2) is 97.1 Å². The van der Waals surface area contributed by atoms with Crippen LogP contribution in [-0.2, 0) is 9.16 Å². The zero-order chi connectivity index (χ0) is 30.5. The predicted molar refractivity (Wildman–Crippen MR) is 181 cm³/mol. The molecule has 0 aliphatic rings. The largest absolute Gasteiger partial charge is 0.493 e. The van der Waals surface area contributed by atoms with Gasteiger partial charge in [-0.05, 0) is 45.8 Å². The molecule has 0 unspecified atom stereocenters. The van der Waals surface area contributed by atoms with E-state index in [0.717, 1.165) is 42.4 Å². The highest BCUT2D eigenvalue weighted by Gasteiger charge is 2.49. The highest BCUT2D eigenvalue weighted by Crippen LogP contribution is 2.37. The zero-order valence-electron chi connectivity index (χ0n) is 26.4. The van der Waals surface area contributed by atoms with Crippen LogP contribution in [0.25, 0.3) is 10.8 Å². The monoisotopic (exact) mass is 596 g/mol. The molecule has 0 aromatic heterocycles. The number of fused-ring (bicyclic) bond motifs is 1. The van der Waals surface area contributed by atoms with Crippen molar-refractivity contribution in [2.24, 2.45) is 0 Å². The lowest BCUT2D eigenvalue weighted by Crippen LogP contribution is -2.66. The van der Waals surface area contributed by atoms with Gasteiger partial charge in [-0.3, -0.25) is 0 Å². The molecule has 0 bridgehead atoms. The van der Waals surface area contributed by atoms with E-state index in [4.69, 9.17) is 13.9 Å². The number of carbonyl (C=O) groups excluding carboxylic acids is 1. The number of hydrogen-bond acceptors (Lipinski definition) is 4. The van der Waals surface area contributed by atoms with Crippen LogP contribution in [0.3, 0.4) is 0 Å². The quantitative estimate of drug-likeness (QED) is 0.0737. The van der Waals surface area contributed by atoms with Gasteiger partial charge in [0.1, 0.15) is 5.75 Å². The van der Waals surface area contributed by atoms with E-state index in [2.05, 4.69) is 81.4 Å². The second kappa shape index (κ2) is 15.9. The highest BCUT2D eigenvalue weighted by atomic mass is 28.4. The fraction of sp³-hybridized carbons (Fsp3) is 0.395. The second-order valence-electron chi connectivity index (χ2n) is 12.3. The molecule has 0 spiro atoms. The van der Waals surface area contributed by atoms with E-state index in [1.54, 1.807) is 6.07 Å². The van der Waals surface area contributed by atoms with E-state index in [9.17, 15) is 4.79 Å². The lowest BCUT2D eigenvalue weighted by molar-refractivity contribution is 0.0603. The Bertz CT molecular complexity index is 1370. The molecule has 0 aliphatic carbocycles. The van der Waals surface area contributed by atoms with Crippen LogP contribution in [0.1, 0.15) is 82.5 Å². The van der Waals surface area contributed by atoms with Crippen molar-refractivity contribution in [3.63, 3.8) is 0 Å². The SMILES string of the molecule is COC(=O)c1ccc(OCCCCCCCCCCO[Si](c2ccccc2)(c2ccccc2)C(C)(C)C)c2ccccc12. The van der Waals surface area contributed by atoms with Gasteiger partial charge in [0.15, 0.2) is 0 Å². The van der Waals surface area contributed by atoms with E-state index in [0.29, 0.717) is 12.2 Å². The lowest BCUT2D eigenvalue weighted by atomic mass is 10.0. The van der Waals surface area contributed by atoms with E-state index >= 15 is 0 Å². The van der Waals surface area contributed by atoms with Crippen molar-refractivity contribution in [2.75, 3.05) is 20.3 Å². The first-order chi connectivity index (χ1) is 20.9. The minimum absolute atomic E-state index is 0.0268. The summed E-state index contributed by atoms with van der Waals surface area (Å²) in [6.45, 7) is 8.51. The van der Waals surface area contributed by atoms with Gasteiger partial charge in [-0.15, -0.1) is 0 Å². The Morgan fingerprint density at radius 1 is 0.605 bits per heavy atom. The number of benzene rings is 4. The molecule has 0 N–H and O–H groups in total. The minimum Gasteiger partial charge on any atom is -0.493 e. The number of carbonyl (C=O) groups is 1. The summed E-state index contributed by atoms with van der Waals surface area (Å²) < 4.78 is 18.1. The minimum atomic E-state index is -2.43. The number of ether oxygens (including phenoxy) is 2. The first kappa shape index (κ1) is 32.5. The van der Waals surface area contributed by atoms with Crippen molar-refractivity contribution in [3.05, 3.63) is 103 Å². The van der Waals surface area contributed by atoms with Crippen LogP contribution < -0.4 is 15.1 Å². The van der Waals surface area contributed by atoms with E-state index in [-0.39, 0.29) is 11.0 Å². The Kier molecular flexibility index (Phi) is 12.0. The molecule has 0 aliphatic heterocycles. The van der Waals surface area contributed by atoms with Crippen LogP contribution in [-0.4, -0.2) is 34.6 Å². The van der Waals surface area contributed by atoms with Crippen LogP contribution in [0, 0.1) is 0 Å². The summed E-state index contributed by atoms with van der Waals surface area (Å²) in [5.74, 6) is 0.498. The van der Waals surface area contributed by atoms with E-state index in [1.165, 1.54) is 49.6 Å². The molecule has 5 heteroatoms. The summed E-state index contributed by atoms with van der Waals surface area (Å²) in [6, 6.07) is 33.3. The molecule has 228 valence electrons. The summed E-state index contributed by atoms with van der Waals surface area (Å²) in [6.07, 6.45) is 9.49. The van der Waals surface area contributed by atoms with Crippen molar-refractivity contribution >= 4 is 35.4 Å². The first-order valence-corrected chi connectivity index (χ1v) is 17.8. The molecule has 0 amide bonds. The Hall–Kier alpha value is -3.41. The third-order valence-electron chi connectivity index (χ3n) is 8.32. The topological polar surface area (TPSA) is 44.8 Å². The second-order valence-corrected chi connectivity index (χ2v) is 16.6. The van der Waals surface area contributed by atoms with Gasteiger partial charge in [-0.1, -0.05) is 144 Å². The molecule has 0 fully saturated rings. The maximum absolute atomic E-state index is 12.1. The van der Waals surface area contributed by atoms with Crippen molar-refractivity contribution < 1.29 is 18.7 Å². The van der Waals surface area contributed by atoms with Crippen LogP contribution >= 0.6 is 0 Å². The zero-order valence-corrected chi connectivity index (χ0v) is 27.4. The average molecular weight is 597 g/mol. The molecule has 0 atom stereocenters. The molecular weight excluding hydrogens is 549 g/mol. The fourth-order valence-electron chi connectivity index (χ4n) is 6.12. The summed E-state index contributed by atoms with van der Waals surface area (Å²) in [5, 5.41) is 4.54. The Balaban J connectivity index is 1.16. The molecular formula is C38H48O4Si. The van der Waals surface area contributed by atoms with Crippen LogP contribution in [0.2, 0.25) is 5.04 Å². The van der Waals surface area contributed by atoms with Crippen LogP contribution in [0.5, 0.6) is 5.75 Å². The lowest BCUT2D eigenvalue weighted by Gasteiger charge is -2.43. The average Bonchev–Trinajstić information content (AvgIpc) is 3.03. The molecule has 4 rings (SSSR count). The number of methoxy groups -OCH3 is 1. The standard InChI is InChI=1S/C38H48O4Si/c1-38(2,3)43(31-21-13-11-14-22-31,32-23-15-12-16-24-32)42-30-20-10-8-6-5-7-9-19-29-41-36-28-27-35(37(39)40-4)33-25-17-18-26-34(33)36/h11-18,21-28H,5-10,19-20,29-30H2,1-4H3. The normalized spacial score (nSPS) is 11.9. The van der Waals surface area contributed by atoms with Crippen molar-refractivity contribution in [2.45, 2.75) is 77.2 Å². The van der Waals surface area contributed by atoms with Gasteiger partial charge in [-0.25, -0.2) is 4.79 Å².